The minimum absolute atomic E-state index is 0.182. The maximum Gasteiger partial charge on any atom is 0.416 e. The third kappa shape index (κ3) is 6.27. The van der Waals surface area contributed by atoms with Gasteiger partial charge in [0.1, 0.15) is 5.75 Å². The van der Waals surface area contributed by atoms with Crippen LogP contribution in [0.5, 0.6) is 5.75 Å². The lowest BCUT2D eigenvalue weighted by Crippen LogP contribution is -2.52. The topological polar surface area (TPSA) is 87.8 Å². The summed E-state index contributed by atoms with van der Waals surface area (Å²) >= 11 is 1.62. The van der Waals surface area contributed by atoms with Crippen LogP contribution in [0.15, 0.2) is 47.0 Å². The summed E-state index contributed by atoms with van der Waals surface area (Å²) in [6.45, 7) is 7.29. The first kappa shape index (κ1) is 25.6. The van der Waals surface area contributed by atoms with E-state index in [-0.39, 0.29) is 5.89 Å². The van der Waals surface area contributed by atoms with E-state index in [0.29, 0.717) is 43.3 Å². The molecule has 1 atom stereocenters. The van der Waals surface area contributed by atoms with Crippen LogP contribution in [0, 0.1) is 6.92 Å². The van der Waals surface area contributed by atoms with Crippen molar-refractivity contribution >= 4 is 21.6 Å². The number of ether oxygens (including phenoxy) is 1. The molecule has 196 valence electrons. The number of alkyl halides is 3. The van der Waals surface area contributed by atoms with E-state index in [1.54, 1.807) is 18.3 Å². The second kappa shape index (κ2) is 10.0. The maximum absolute atomic E-state index is 12.8. The van der Waals surface area contributed by atoms with E-state index in [1.807, 2.05) is 25.1 Å². The monoisotopic (exact) mass is 533 g/mol. The van der Waals surface area contributed by atoms with Crippen LogP contribution in [0.2, 0.25) is 0 Å². The third-order valence-electron chi connectivity index (χ3n) is 6.08. The average molecular weight is 534 g/mol. The Morgan fingerprint density at radius 2 is 1.73 bits per heavy atom. The van der Waals surface area contributed by atoms with Crippen LogP contribution in [0.25, 0.3) is 21.7 Å². The molecule has 1 saturated heterocycles. The summed E-state index contributed by atoms with van der Waals surface area (Å²) in [5.41, 5.74) is 0.559. The second-order valence-electron chi connectivity index (χ2n) is 9.28. The number of hydrogen-bond acceptors (Lipinski definition) is 9. The van der Waals surface area contributed by atoms with Crippen LogP contribution >= 0.6 is 11.3 Å². The number of nitrogens with zero attached hydrogens (tertiary/aromatic N) is 5. The molecule has 8 nitrogen and oxygen atoms in total. The lowest BCUT2D eigenvalue weighted by atomic mass is 10.1. The second-order valence-corrected chi connectivity index (χ2v) is 10.5. The summed E-state index contributed by atoms with van der Waals surface area (Å²) in [5, 5.41) is 15.8. The number of aliphatic hydroxyl groups is 1. The number of hydrogen-bond donors (Lipinski definition) is 1. The smallest absolute Gasteiger partial charge is 0.416 e. The third-order valence-corrected chi connectivity index (χ3v) is 7.03. The quantitative estimate of drug-likeness (QED) is 0.346. The van der Waals surface area contributed by atoms with Gasteiger partial charge in [0.15, 0.2) is 5.82 Å². The highest BCUT2D eigenvalue weighted by molar-refractivity contribution is 7.18. The van der Waals surface area contributed by atoms with Gasteiger partial charge in [0, 0.05) is 44.7 Å². The standard InChI is InChI=1S/C25H26F3N5O3S/c1-16-29-20-13-19(7-8-21(20)37-16)35-24(2,34)15-33-11-9-32(10-12-33)14-22-30-23(36-31-22)17-3-5-18(6-4-17)25(26,27)28/h3-8,13,34H,9-12,14-15H2,1-2H3. The van der Waals surface area contributed by atoms with Crippen LogP contribution in [0.4, 0.5) is 13.2 Å². The molecular formula is C25H26F3N5O3S. The minimum atomic E-state index is -4.39. The van der Waals surface area contributed by atoms with Crippen molar-refractivity contribution in [3.63, 3.8) is 0 Å². The Labute approximate surface area is 215 Å². The molecule has 37 heavy (non-hydrogen) atoms. The predicted molar refractivity (Wildman–Crippen MR) is 132 cm³/mol. The van der Waals surface area contributed by atoms with Gasteiger partial charge in [-0.3, -0.25) is 9.80 Å². The average Bonchev–Trinajstić information content (AvgIpc) is 3.45. The molecule has 3 heterocycles. The van der Waals surface area contributed by atoms with Gasteiger partial charge in [0.25, 0.3) is 5.89 Å². The van der Waals surface area contributed by atoms with Gasteiger partial charge in [0.2, 0.25) is 5.79 Å². The van der Waals surface area contributed by atoms with E-state index in [4.69, 9.17) is 9.26 Å². The lowest BCUT2D eigenvalue weighted by Gasteiger charge is -2.37. The number of piperazine rings is 1. The highest BCUT2D eigenvalue weighted by atomic mass is 32.1. The molecule has 5 rings (SSSR count). The van der Waals surface area contributed by atoms with Gasteiger partial charge in [-0.25, -0.2) is 4.98 Å². The van der Waals surface area contributed by atoms with Crippen LogP contribution < -0.4 is 4.74 Å². The largest absolute Gasteiger partial charge is 0.461 e. The fourth-order valence-electron chi connectivity index (χ4n) is 4.33. The highest BCUT2D eigenvalue weighted by Gasteiger charge is 2.31. The molecule has 0 radical (unpaired) electrons. The van der Waals surface area contributed by atoms with E-state index >= 15 is 0 Å². The first-order valence-electron chi connectivity index (χ1n) is 11.8. The number of benzene rings is 2. The molecule has 1 aliphatic heterocycles. The SMILES string of the molecule is Cc1nc2cc(OC(C)(O)CN3CCN(Cc4noc(-c5ccc(C(F)(F)F)cc5)n4)CC3)ccc2s1. The Morgan fingerprint density at radius 1 is 1.03 bits per heavy atom. The maximum atomic E-state index is 12.8. The van der Waals surface area contributed by atoms with Gasteiger partial charge in [-0.1, -0.05) is 5.16 Å². The molecule has 12 heteroatoms. The van der Waals surface area contributed by atoms with E-state index in [9.17, 15) is 18.3 Å². The van der Waals surface area contributed by atoms with Gasteiger partial charge in [0.05, 0.1) is 33.9 Å². The first-order chi connectivity index (χ1) is 17.5. The number of aromatic nitrogens is 3. The Morgan fingerprint density at radius 3 is 2.43 bits per heavy atom. The van der Waals surface area contributed by atoms with Crippen molar-refractivity contribution in [2.24, 2.45) is 0 Å². The van der Waals surface area contributed by atoms with Gasteiger partial charge in [-0.05, 0) is 43.3 Å². The number of halogens is 3. The minimum Gasteiger partial charge on any atom is -0.461 e. The highest BCUT2D eigenvalue weighted by Crippen LogP contribution is 2.31. The molecule has 1 N–H and O–H groups in total. The number of thiazole rings is 1. The van der Waals surface area contributed by atoms with Gasteiger partial charge >= 0.3 is 6.18 Å². The molecule has 1 unspecified atom stereocenters. The summed E-state index contributed by atoms with van der Waals surface area (Å²) in [4.78, 5) is 13.1. The molecule has 1 fully saturated rings. The Kier molecular flexibility index (Phi) is 6.92. The van der Waals surface area contributed by atoms with Gasteiger partial charge in [-0.2, -0.15) is 18.2 Å². The normalized spacial score (nSPS) is 17.2. The number of aryl methyl sites for hydroxylation is 1. The molecule has 1 aliphatic rings. The molecule has 0 bridgehead atoms. The van der Waals surface area contributed by atoms with Crippen molar-refractivity contribution in [2.75, 3.05) is 32.7 Å². The Bertz CT molecular complexity index is 1360. The number of β-amino-alcohol motifs (C(OH)–C–C–N with tert-alkyl or cyclic N) is 1. The number of fused-ring (bicyclic) bond motifs is 1. The Hall–Kier alpha value is -3.06. The molecule has 0 aliphatic carbocycles. The van der Waals surface area contributed by atoms with E-state index < -0.39 is 17.5 Å². The van der Waals surface area contributed by atoms with E-state index in [2.05, 4.69) is 24.9 Å². The summed E-state index contributed by atoms with van der Waals surface area (Å²) in [7, 11) is 0. The molecule has 0 saturated carbocycles. The van der Waals surface area contributed by atoms with Crippen LogP contribution in [0.1, 0.15) is 23.3 Å². The number of rotatable bonds is 7. The van der Waals surface area contributed by atoms with Crippen LogP contribution in [-0.4, -0.2) is 68.5 Å². The van der Waals surface area contributed by atoms with E-state index in [0.717, 1.165) is 40.4 Å². The van der Waals surface area contributed by atoms with Crippen LogP contribution in [-0.2, 0) is 12.7 Å². The van der Waals surface area contributed by atoms with Gasteiger partial charge in [-0.15, -0.1) is 11.3 Å². The summed E-state index contributed by atoms with van der Waals surface area (Å²) in [6.07, 6.45) is -4.39. The Balaban J connectivity index is 1.12. The molecule has 2 aromatic carbocycles. The summed E-state index contributed by atoms with van der Waals surface area (Å²) < 4.78 is 50.5. The van der Waals surface area contributed by atoms with Gasteiger partial charge < -0.3 is 14.4 Å². The van der Waals surface area contributed by atoms with E-state index in [1.165, 1.54) is 12.1 Å². The van der Waals surface area contributed by atoms with Crippen molar-refractivity contribution in [3.8, 4) is 17.2 Å². The predicted octanol–water partition coefficient (Wildman–Crippen LogP) is 4.58. The van der Waals surface area contributed by atoms with Crippen LogP contribution in [0.3, 0.4) is 0 Å². The summed E-state index contributed by atoms with van der Waals surface area (Å²) in [5.74, 6) is -0.152. The molecule has 2 aromatic heterocycles. The lowest BCUT2D eigenvalue weighted by molar-refractivity contribution is -0.141. The zero-order chi connectivity index (χ0) is 26.2. The first-order valence-corrected chi connectivity index (χ1v) is 12.6. The molecule has 4 aromatic rings. The molecule has 0 spiro atoms. The summed E-state index contributed by atoms with van der Waals surface area (Å²) in [6, 6.07) is 10.3. The molecular weight excluding hydrogens is 507 g/mol. The van der Waals surface area contributed by atoms with Crippen molar-refractivity contribution in [2.45, 2.75) is 32.4 Å². The zero-order valence-electron chi connectivity index (χ0n) is 20.3. The fourth-order valence-corrected chi connectivity index (χ4v) is 5.14. The van der Waals surface area contributed by atoms with Crippen molar-refractivity contribution in [1.29, 1.82) is 0 Å². The van der Waals surface area contributed by atoms with Crippen molar-refractivity contribution in [1.82, 2.24) is 24.9 Å². The fraction of sp³-hybridized carbons (Fsp3) is 0.400. The van der Waals surface area contributed by atoms with Crippen molar-refractivity contribution < 1.29 is 27.5 Å². The molecule has 0 amide bonds. The zero-order valence-corrected chi connectivity index (χ0v) is 21.1. The van der Waals surface area contributed by atoms with Crippen molar-refractivity contribution in [3.05, 3.63) is 58.9 Å².